The lowest BCUT2D eigenvalue weighted by atomic mass is 9.92. The van der Waals surface area contributed by atoms with Crippen LogP contribution in [0, 0.1) is 24.2 Å². The van der Waals surface area contributed by atoms with Crippen molar-refractivity contribution >= 4 is 16.8 Å². The molecule has 0 spiro atoms. The Balaban J connectivity index is 1.55. The summed E-state index contributed by atoms with van der Waals surface area (Å²) >= 11 is 0. The molecule has 2 N–H and O–H groups in total. The predicted octanol–water partition coefficient (Wildman–Crippen LogP) is 5.42. The molecule has 0 saturated carbocycles. The first-order valence-corrected chi connectivity index (χ1v) is 12.2. The maximum Gasteiger partial charge on any atom is 0.267 e. The highest BCUT2D eigenvalue weighted by atomic mass is 16.1. The molecule has 35 heavy (non-hydrogen) atoms. The van der Waals surface area contributed by atoms with Gasteiger partial charge in [-0.3, -0.25) is 4.79 Å². The summed E-state index contributed by atoms with van der Waals surface area (Å²) in [5.74, 6) is 0.505. The number of piperidine rings is 1. The first kappa shape index (κ1) is 22.9. The van der Waals surface area contributed by atoms with Crippen LogP contribution >= 0.6 is 0 Å². The van der Waals surface area contributed by atoms with Crippen molar-refractivity contribution in [1.29, 1.82) is 5.26 Å². The topological polar surface area (TPSA) is 69.8 Å². The Kier molecular flexibility index (Phi) is 6.39. The predicted molar refractivity (Wildman–Crippen MR) is 141 cm³/mol. The highest BCUT2D eigenvalue weighted by Gasteiger charge is 2.19. The number of amides is 1. The number of nitrogens with one attached hydrogen (secondary N) is 2. The van der Waals surface area contributed by atoms with Crippen LogP contribution in [0.1, 0.15) is 34.5 Å². The maximum absolute atomic E-state index is 13.1. The second kappa shape index (κ2) is 9.77. The van der Waals surface area contributed by atoms with Gasteiger partial charge in [-0.15, -0.1) is 0 Å². The van der Waals surface area contributed by atoms with Crippen molar-refractivity contribution in [2.75, 3.05) is 19.6 Å². The molecule has 176 valence electrons. The minimum absolute atomic E-state index is 0.0287. The van der Waals surface area contributed by atoms with Gasteiger partial charge >= 0.3 is 0 Å². The summed E-state index contributed by atoms with van der Waals surface area (Å²) in [5, 5.41) is 16.8. The van der Waals surface area contributed by atoms with E-state index in [4.69, 9.17) is 0 Å². The lowest BCUT2D eigenvalue weighted by Gasteiger charge is -2.22. The van der Waals surface area contributed by atoms with E-state index in [0.29, 0.717) is 23.7 Å². The zero-order chi connectivity index (χ0) is 24.4. The van der Waals surface area contributed by atoms with Gasteiger partial charge in [-0.2, -0.15) is 5.26 Å². The maximum atomic E-state index is 13.1. The highest BCUT2D eigenvalue weighted by molar-refractivity contribution is 6.02. The molecule has 5 rings (SSSR count). The number of rotatable bonds is 5. The minimum atomic E-state index is -0.0287. The summed E-state index contributed by atoms with van der Waals surface area (Å²) in [4.78, 5) is 13.1. The van der Waals surface area contributed by atoms with Gasteiger partial charge in [-0.25, -0.2) is 0 Å². The number of aryl methyl sites for hydroxylation is 2. The third-order valence-electron chi connectivity index (χ3n) is 7.11. The van der Waals surface area contributed by atoms with Crippen molar-refractivity contribution in [2.24, 2.45) is 13.0 Å². The van der Waals surface area contributed by atoms with Gasteiger partial charge in [0, 0.05) is 24.5 Å². The quantitative estimate of drug-likeness (QED) is 0.416. The molecule has 0 bridgehead atoms. The molecule has 0 unspecified atom stereocenters. The van der Waals surface area contributed by atoms with E-state index >= 15 is 0 Å². The van der Waals surface area contributed by atoms with E-state index in [0.717, 1.165) is 59.1 Å². The van der Waals surface area contributed by atoms with E-state index in [2.05, 4.69) is 60.0 Å². The first-order chi connectivity index (χ1) is 17.0. The summed E-state index contributed by atoms with van der Waals surface area (Å²) in [6.07, 6.45) is 2.20. The summed E-state index contributed by atoms with van der Waals surface area (Å²) in [6, 6.07) is 24.7. The fourth-order valence-electron chi connectivity index (χ4n) is 4.95. The van der Waals surface area contributed by atoms with E-state index in [9.17, 15) is 10.1 Å². The second-order valence-electron chi connectivity index (χ2n) is 9.50. The minimum Gasteiger partial charge on any atom is -0.350 e. The summed E-state index contributed by atoms with van der Waals surface area (Å²) in [6.45, 7) is 4.84. The Morgan fingerprint density at radius 1 is 1.00 bits per heavy atom. The molecule has 1 aromatic heterocycles. The molecule has 3 aromatic carbocycles. The molecule has 0 aliphatic carbocycles. The summed E-state index contributed by atoms with van der Waals surface area (Å²) in [5.41, 5.74) is 7.88. The van der Waals surface area contributed by atoms with Crippen molar-refractivity contribution in [2.45, 2.75) is 19.8 Å². The summed E-state index contributed by atoms with van der Waals surface area (Å²) in [7, 11) is 1.96. The standard InChI is InChI=1S/C30H30N4O/c1-20-3-7-23(8-4-20)27-17-28-25(15-26(27)24-9-5-21(18-31)6-10-24)16-29(34(28)2)30(35)33-19-22-11-13-32-14-12-22/h3-10,15-17,22,32H,11-14,19H2,1-2H3,(H,33,35). The van der Waals surface area contributed by atoms with Crippen LogP contribution in [0.2, 0.25) is 0 Å². The number of carbonyl (C=O) groups excluding carboxylic acids is 1. The molecule has 1 fully saturated rings. The molecular formula is C30H30N4O. The molecule has 0 atom stereocenters. The van der Waals surface area contributed by atoms with E-state index in [1.807, 2.05) is 41.9 Å². The van der Waals surface area contributed by atoms with E-state index in [1.165, 1.54) is 5.56 Å². The number of carbonyl (C=O) groups is 1. The van der Waals surface area contributed by atoms with E-state index < -0.39 is 0 Å². The monoisotopic (exact) mass is 462 g/mol. The van der Waals surface area contributed by atoms with Crippen molar-refractivity contribution in [3.63, 3.8) is 0 Å². The van der Waals surface area contributed by atoms with Crippen molar-refractivity contribution in [3.05, 3.63) is 83.6 Å². The number of hydrogen-bond donors (Lipinski definition) is 2. The van der Waals surface area contributed by atoms with Gasteiger partial charge in [-0.05, 0) is 91.4 Å². The normalized spacial score (nSPS) is 14.1. The molecule has 0 radical (unpaired) electrons. The van der Waals surface area contributed by atoms with Crippen LogP contribution in [0.5, 0.6) is 0 Å². The zero-order valence-electron chi connectivity index (χ0n) is 20.3. The van der Waals surface area contributed by atoms with Crippen LogP contribution in [-0.2, 0) is 7.05 Å². The van der Waals surface area contributed by atoms with Crippen LogP contribution < -0.4 is 10.6 Å². The average Bonchev–Trinajstić information content (AvgIpc) is 3.23. The molecule has 1 amide bonds. The van der Waals surface area contributed by atoms with Gasteiger partial charge < -0.3 is 15.2 Å². The van der Waals surface area contributed by atoms with Crippen LogP contribution in [0.4, 0.5) is 0 Å². The Morgan fingerprint density at radius 2 is 1.63 bits per heavy atom. The van der Waals surface area contributed by atoms with E-state index in [-0.39, 0.29) is 5.91 Å². The fraction of sp³-hybridized carbons (Fsp3) is 0.267. The van der Waals surface area contributed by atoms with Crippen molar-refractivity contribution < 1.29 is 4.79 Å². The van der Waals surface area contributed by atoms with Crippen LogP contribution in [0.25, 0.3) is 33.2 Å². The van der Waals surface area contributed by atoms with Crippen LogP contribution in [0.15, 0.2) is 66.7 Å². The molecule has 1 aliphatic heterocycles. The molecule has 4 aromatic rings. The molecule has 1 aliphatic rings. The third kappa shape index (κ3) is 4.71. The number of aromatic nitrogens is 1. The Bertz CT molecular complexity index is 1400. The smallest absolute Gasteiger partial charge is 0.267 e. The molecule has 5 nitrogen and oxygen atoms in total. The first-order valence-electron chi connectivity index (χ1n) is 12.2. The molecular weight excluding hydrogens is 432 g/mol. The molecule has 5 heteroatoms. The highest BCUT2D eigenvalue weighted by Crippen LogP contribution is 2.37. The second-order valence-corrected chi connectivity index (χ2v) is 9.50. The van der Waals surface area contributed by atoms with Gasteiger partial charge in [0.2, 0.25) is 0 Å². The Hall–Kier alpha value is -3.88. The SMILES string of the molecule is Cc1ccc(-c2cc3c(cc2-c2ccc(C#N)cc2)cc(C(=O)NCC2CCNCC2)n3C)cc1. The molecule has 1 saturated heterocycles. The van der Waals surface area contributed by atoms with Crippen LogP contribution in [0.3, 0.4) is 0 Å². The number of fused-ring (bicyclic) bond motifs is 1. The van der Waals surface area contributed by atoms with E-state index in [1.54, 1.807) is 0 Å². The van der Waals surface area contributed by atoms with Crippen molar-refractivity contribution in [1.82, 2.24) is 15.2 Å². The Labute approximate surface area is 206 Å². The number of hydrogen-bond acceptors (Lipinski definition) is 3. The van der Waals surface area contributed by atoms with Gasteiger partial charge in [-0.1, -0.05) is 42.0 Å². The zero-order valence-corrected chi connectivity index (χ0v) is 20.3. The lowest BCUT2D eigenvalue weighted by Crippen LogP contribution is -2.36. The average molecular weight is 463 g/mol. The summed E-state index contributed by atoms with van der Waals surface area (Å²) < 4.78 is 1.99. The van der Waals surface area contributed by atoms with Crippen LogP contribution in [-0.4, -0.2) is 30.1 Å². The number of nitrogens with zero attached hydrogens (tertiary/aromatic N) is 2. The number of benzene rings is 3. The molecule has 2 heterocycles. The Morgan fingerprint density at radius 3 is 2.29 bits per heavy atom. The van der Waals surface area contributed by atoms with Crippen molar-refractivity contribution in [3.8, 4) is 28.3 Å². The van der Waals surface area contributed by atoms with Gasteiger partial charge in [0.1, 0.15) is 5.69 Å². The van der Waals surface area contributed by atoms with Gasteiger partial charge in [0.15, 0.2) is 0 Å². The largest absolute Gasteiger partial charge is 0.350 e. The third-order valence-corrected chi connectivity index (χ3v) is 7.11. The van der Waals surface area contributed by atoms with Gasteiger partial charge in [0.05, 0.1) is 11.6 Å². The lowest BCUT2D eigenvalue weighted by molar-refractivity contribution is 0.0936. The van der Waals surface area contributed by atoms with Gasteiger partial charge in [0.25, 0.3) is 5.91 Å². The fourth-order valence-corrected chi connectivity index (χ4v) is 4.95. The number of nitriles is 1.